The molecule has 1 aliphatic heterocycles. The van der Waals surface area contributed by atoms with Gasteiger partial charge in [0.15, 0.2) is 5.82 Å². The molecule has 3 heterocycles. The average Bonchev–Trinajstić information content (AvgIpc) is 3.58. The van der Waals surface area contributed by atoms with Crippen molar-refractivity contribution in [2.45, 2.75) is 64.6 Å². The van der Waals surface area contributed by atoms with Gasteiger partial charge >= 0.3 is 5.97 Å². The summed E-state index contributed by atoms with van der Waals surface area (Å²) < 4.78 is 7.10. The number of anilines is 1. The minimum Gasteiger partial charge on any atom is -0.469 e. The van der Waals surface area contributed by atoms with Crippen molar-refractivity contribution in [3.63, 3.8) is 0 Å². The van der Waals surface area contributed by atoms with E-state index in [0.29, 0.717) is 45.0 Å². The van der Waals surface area contributed by atoms with Gasteiger partial charge in [-0.25, -0.2) is 9.97 Å². The second-order valence-corrected chi connectivity index (χ2v) is 11.4. The van der Waals surface area contributed by atoms with Gasteiger partial charge in [0.25, 0.3) is 0 Å². The molecule has 1 saturated heterocycles. The number of nitrogens with zero attached hydrogens (tertiary/aromatic N) is 5. The fraction of sp³-hybridized carbons (Fsp3) is 0.455. The number of aliphatic hydroxyl groups is 1. The number of hydrogen-bond donors (Lipinski definition) is 2. The van der Waals surface area contributed by atoms with E-state index in [-0.39, 0.29) is 30.9 Å². The van der Waals surface area contributed by atoms with Gasteiger partial charge in [0.1, 0.15) is 11.3 Å². The van der Waals surface area contributed by atoms with Crippen LogP contribution in [0.15, 0.2) is 48.5 Å². The number of nitrogens with two attached hydrogens (primary N) is 1. The number of aliphatic hydroxyl groups excluding tert-OH is 1. The van der Waals surface area contributed by atoms with Gasteiger partial charge in [-0.3, -0.25) is 14.5 Å². The molecular formula is C33H42N6O4. The lowest BCUT2D eigenvalue weighted by Gasteiger charge is -2.26. The van der Waals surface area contributed by atoms with Crippen molar-refractivity contribution in [2.75, 3.05) is 39.0 Å². The Labute approximate surface area is 252 Å². The number of likely N-dealkylation sites (tertiary alicyclic amines) is 1. The van der Waals surface area contributed by atoms with Crippen molar-refractivity contribution in [3.8, 4) is 0 Å². The number of benzene rings is 2. The van der Waals surface area contributed by atoms with E-state index in [1.165, 1.54) is 7.11 Å². The highest BCUT2D eigenvalue weighted by molar-refractivity contribution is 6.06. The smallest absolute Gasteiger partial charge is 0.309 e. The van der Waals surface area contributed by atoms with Crippen molar-refractivity contribution < 1.29 is 19.4 Å². The monoisotopic (exact) mass is 586 g/mol. The normalized spacial score (nSPS) is 15.4. The highest BCUT2D eigenvalue weighted by atomic mass is 16.5. The van der Waals surface area contributed by atoms with Crippen molar-refractivity contribution >= 4 is 39.6 Å². The van der Waals surface area contributed by atoms with Gasteiger partial charge in [0.2, 0.25) is 5.91 Å². The molecule has 0 aliphatic carbocycles. The molecule has 0 bridgehead atoms. The number of ether oxygens (including phenoxy) is 1. The fourth-order valence-corrected chi connectivity index (χ4v) is 5.93. The van der Waals surface area contributed by atoms with Crippen LogP contribution in [0.2, 0.25) is 0 Å². The summed E-state index contributed by atoms with van der Waals surface area (Å²) in [5.41, 5.74) is 10.8. The summed E-state index contributed by atoms with van der Waals surface area (Å²) in [6.07, 6.45) is 4.11. The van der Waals surface area contributed by atoms with Crippen molar-refractivity contribution in [3.05, 3.63) is 65.5 Å². The molecule has 0 radical (unpaired) electrons. The van der Waals surface area contributed by atoms with Crippen LogP contribution >= 0.6 is 0 Å². The Kier molecular flexibility index (Phi) is 9.89. The van der Waals surface area contributed by atoms with Gasteiger partial charge in [-0.15, -0.1) is 0 Å². The molecule has 2 aromatic carbocycles. The zero-order valence-electron chi connectivity index (χ0n) is 25.2. The van der Waals surface area contributed by atoms with E-state index in [1.807, 2.05) is 52.3 Å². The van der Waals surface area contributed by atoms with E-state index < -0.39 is 0 Å². The number of hydrogen-bond acceptors (Lipinski definition) is 8. The van der Waals surface area contributed by atoms with Crippen molar-refractivity contribution in [1.82, 2.24) is 24.3 Å². The number of unbranched alkanes of at least 4 members (excludes halogenated alkanes) is 1. The molecule has 228 valence electrons. The van der Waals surface area contributed by atoms with E-state index in [2.05, 4.69) is 22.5 Å². The van der Waals surface area contributed by atoms with Gasteiger partial charge in [0.05, 0.1) is 37.2 Å². The standard InChI is InChI=1S/C33H42N6O4/c1-3-4-13-28-36-31-32(26-11-5-6-12-27(26)35-33(31)34)39(28)16-8-15-38(29(41)22-37-17-14-25(40)21-37)20-24-10-7-9-23(18-24)19-30(42)43-2/h5-7,9-12,18,25,40H,3-4,8,13-17,19-22H2,1-2H3,(H2,34,35). The number of aromatic nitrogens is 3. The first-order valence-electron chi connectivity index (χ1n) is 15.2. The largest absolute Gasteiger partial charge is 0.469 e. The molecule has 1 fully saturated rings. The van der Waals surface area contributed by atoms with E-state index >= 15 is 0 Å². The van der Waals surface area contributed by atoms with Crippen LogP contribution in [0.1, 0.15) is 49.6 Å². The number of rotatable bonds is 13. The number of amides is 1. The Morgan fingerprint density at radius 3 is 2.70 bits per heavy atom. The number of esters is 1. The van der Waals surface area contributed by atoms with Crippen LogP contribution in [0.4, 0.5) is 5.82 Å². The lowest BCUT2D eigenvalue weighted by molar-refractivity contribution is -0.139. The fourth-order valence-electron chi connectivity index (χ4n) is 5.93. The maximum absolute atomic E-state index is 13.6. The molecule has 0 saturated carbocycles. The summed E-state index contributed by atoms with van der Waals surface area (Å²) in [6, 6.07) is 15.7. The molecule has 1 aliphatic rings. The lowest BCUT2D eigenvalue weighted by atomic mass is 10.1. The summed E-state index contributed by atoms with van der Waals surface area (Å²) in [7, 11) is 1.38. The van der Waals surface area contributed by atoms with Crippen LogP contribution in [0.3, 0.4) is 0 Å². The third-order valence-corrected chi connectivity index (χ3v) is 8.15. The summed E-state index contributed by atoms with van der Waals surface area (Å²) in [5, 5.41) is 11.0. The first kappa shape index (κ1) is 30.4. The van der Waals surface area contributed by atoms with E-state index in [4.69, 9.17) is 15.5 Å². The maximum Gasteiger partial charge on any atom is 0.309 e. The Balaban J connectivity index is 1.39. The topological polar surface area (TPSA) is 127 Å². The first-order valence-corrected chi connectivity index (χ1v) is 15.2. The molecular weight excluding hydrogens is 544 g/mol. The van der Waals surface area contributed by atoms with Gasteiger partial charge in [0, 0.05) is 44.5 Å². The Hall–Kier alpha value is -4.02. The second-order valence-electron chi connectivity index (χ2n) is 11.4. The summed E-state index contributed by atoms with van der Waals surface area (Å²) >= 11 is 0. The highest BCUT2D eigenvalue weighted by Gasteiger charge is 2.25. The van der Waals surface area contributed by atoms with E-state index in [1.54, 1.807) is 0 Å². The number of imidazole rings is 1. The zero-order chi connectivity index (χ0) is 30.3. The van der Waals surface area contributed by atoms with E-state index in [0.717, 1.165) is 64.6 Å². The molecule has 1 amide bonds. The molecule has 43 heavy (non-hydrogen) atoms. The molecule has 2 aromatic heterocycles. The molecule has 0 spiro atoms. The van der Waals surface area contributed by atoms with Crippen LogP contribution in [-0.2, 0) is 40.3 Å². The highest BCUT2D eigenvalue weighted by Crippen LogP contribution is 2.29. The number of aryl methyl sites for hydroxylation is 2. The Morgan fingerprint density at radius 2 is 1.93 bits per heavy atom. The zero-order valence-corrected chi connectivity index (χ0v) is 25.2. The summed E-state index contributed by atoms with van der Waals surface area (Å²) in [5.74, 6) is 1.14. The first-order chi connectivity index (χ1) is 20.9. The van der Waals surface area contributed by atoms with Crippen LogP contribution in [0, 0.1) is 0 Å². The van der Waals surface area contributed by atoms with Crippen molar-refractivity contribution in [1.29, 1.82) is 0 Å². The third kappa shape index (κ3) is 7.32. The minimum atomic E-state index is -0.385. The quantitative estimate of drug-likeness (QED) is 0.227. The molecule has 1 unspecified atom stereocenters. The number of β-amino-alcohol motifs (C(OH)–C–C–N with tert-alkyl or cyclic N) is 1. The lowest BCUT2D eigenvalue weighted by Crippen LogP contribution is -2.40. The van der Waals surface area contributed by atoms with Crippen LogP contribution in [0.5, 0.6) is 0 Å². The van der Waals surface area contributed by atoms with Crippen LogP contribution < -0.4 is 5.73 Å². The molecule has 4 aromatic rings. The van der Waals surface area contributed by atoms with E-state index in [9.17, 15) is 14.7 Å². The Morgan fingerprint density at radius 1 is 1.12 bits per heavy atom. The Bertz CT molecular complexity index is 1580. The molecule has 10 nitrogen and oxygen atoms in total. The van der Waals surface area contributed by atoms with Crippen LogP contribution in [0.25, 0.3) is 21.9 Å². The van der Waals surface area contributed by atoms with Gasteiger partial charge in [-0.2, -0.15) is 0 Å². The molecule has 10 heteroatoms. The second kappa shape index (κ2) is 14.0. The summed E-state index contributed by atoms with van der Waals surface area (Å²) in [6.45, 7) is 5.30. The van der Waals surface area contributed by atoms with Gasteiger partial charge < -0.3 is 25.0 Å². The van der Waals surface area contributed by atoms with Gasteiger partial charge in [-0.05, 0) is 36.5 Å². The number of carbonyl (C=O) groups excluding carboxylic acids is 2. The predicted octanol–water partition coefficient (Wildman–Crippen LogP) is 3.71. The number of methoxy groups -OCH3 is 1. The van der Waals surface area contributed by atoms with Gasteiger partial charge in [-0.1, -0.05) is 55.8 Å². The molecule has 1 atom stereocenters. The maximum atomic E-state index is 13.6. The SMILES string of the molecule is CCCCc1nc2c(N)nc3ccccc3c2n1CCCN(Cc1cccc(CC(=O)OC)c1)C(=O)CN1CCC(O)C1. The molecule has 3 N–H and O–H groups in total. The average molecular weight is 587 g/mol. The van der Waals surface area contributed by atoms with Crippen molar-refractivity contribution in [2.24, 2.45) is 0 Å². The summed E-state index contributed by atoms with van der Waals surface area (Å²) in [4.78, 5) is 38.9. The predicted molar refractivity (Wildman–Crippen MR) is 167 cm³/mol. The number of carbonyl (C=O) groups is 2. The number of pyridine rings is 1. The minimum absolute atomic E-state index is 0.0214. The molecule has 5 rings (SSSR count). The third-order valence-electron chi connectivity index (χ3n) is 8.15. The number of para-hydroxylation sites is 1. The number of nitrogen functional groups attached to an aromatic ring is 1. The van der Waals surface area contributed by atoms with Crippen LogP contribution in [-0.4, -0.2) is 80.7 Å². The number of fused-ring (bicyclic) bond motifs is 3.